The van der Waals surface area contributed by atoms with Crippen LogP contribution in [-0.4, -0.2) is 36.4 Å². The van der Waals surface area contributed by atoms with E-state index < -0.39 is 0 Å². The van der Waals surface area contributed by atoms with Gasteiger partial charge in [-0.2, -0.15) is 0 Å². The van der Waals surface area contributed by atoms with E-state index in [9.17, 15) is 0 Å². The van der Waals surface area contributed by atoms with Crippen LogP contribution in [0.4, 0.5) is 0 Å². The predicted octanol–water partition coefficient (Wildman–Crippen LogP) is 8.03. The van der Waals surface area contributed by atoms with E-state index in [-0.39, 0.29) is 0 Å². The molecule has 0 N–H and O–H groups in total. The van der Waals surface area contributed by atoms with Crippen molar-refractivity contribution in [3.8, 4) is 22.9 Å². The Labute approximate surface area is 207 Å². The molecule has 0 radical (unpaired) electrons. The number of nitrogens with zero attached hydrogens (tertiary/aromatic N) is 2. The topological polar surface area (TPSA) is 53.5 Å². The number of ether oxygens (including phenoxy) is 3. The summed E-state index contributed by atoms with van der Waals surface area (Å²) in [6.45, 7) is 7.17. The molecule has 0 aliphatic carbocycles. The predicted molar refractivity (Wildman–Crippen MR) is 141 cm³/mol. The third-order valence-electron chi connectivity index (χ3n) is 5.90. The fourth-order valence-corrected chi connectivity index (χ4v) is 3.79. The minimum Gasteiger partial charge on any atom is -0.494 e. The molecule has 1 aromatic heterocycles. The largest absolute Gasteiger partial charge is 0.494 e. The van der Waals surface area contributed by atoms with Crippen LogP contribution < -0.4 is 9.47 Å². The lowest BCUT2D eigenvalue weighted by Gasteiger charge is -2.08. The lowest BCUT2D eigenvalue weighted by molar-refractivity contribution is 0.0969. The highest BCUT2D eigenvalue weighted by Crippen LogP contribution is 2.21. The Morgan fingerprint density at radius 3 is 1.71 bits per heavy atom. The summed E-state index contributed by atoms with van der Waals surface area (Å²) in [5, 5.41) is 0. The van der Waals surface area contributed by atoms with Gasteiger partial charge in [-0.05, 0) is 37.1 Å². The second-order valence-electron chi connectivity index (χ2n) is 8.97. The highest BCUT2D eigenvalue weighted by atomic mass is 16.5. The van der Waals surface area contributed by atoms with Gasteiger partial charge >= 0.3 is 0 Å². The van der Waals surface area contributed by atoms with Gasteiger partial charge in [0.25, 0.3) is 0 Å². The van der Waals surface area contributed by atoms with Crippen LogP contribution in [0.1, 0.15) is 97.3 Å². The lowest BCUT2D eigenvalue weighted by Crippen LogP contribution is -2.08. The van der Waals surface area contributed by atoms with E-state index in [1.54, 1.807) is 12.4 Å². The molecule has 1 heterocycles. The zero-order valence-electron chi connectivity index (χ0n) is 21.6. The number of aromatic nitrogens is 2. The van der Waals surface area contributed by atoms with E-state index in [0.29, 0.717) is 24.8 Å². The summed E-state index contributed by atoms with van der Waals surface area (Å²) in [5.41, 5.74) is 0.970. The first-order valence-corrected chi connectivity index (χ1v) is 13.6. The third-order valence-corrected chi connectivity index (χ3v) is 5.90. The average Bonchev–Trinajstić information content (AvgIpc) is 2.87. The SMILES string of the molecule is CCCCCCCCCCCOc1ccc(-c2ncc(OCCOCCCCCC)cn2)cc1. The molecule has 0 saturated heterocycles. The van der Waals surface area contributed by atoms with Crippen molar-refractivity contribution < 1.29 is 14.2 Å². The summed E-state index contributed by atoms with van der Waals surface area (Å²) in [6.07, 6.45) is 20.2. The van der Waals surface area contributed by atoms with E-state index in [1.807, 2.05) is 24.3 Å². The van der Waals surface area contributed by atoms with Crippen molar-refractivity contribution in [2.24, 2.45) is 0 Å². The first-order valence-electron chi connectivity index (χ1n) is 13.6. The molecule has 5 nitrogen and oxygen atoms in total. The molecule has 0 bridgehead atoms. The second kappa shape index (κ2) is 19.2. The summed E-state index contributed by atoms with van der Waals surface area (Å²) < 4.78 is 17.2. The Morgan fingerprint density at radius 2 is 1.06 bits per heavy atom. The molecule has 0 fully saturated rings. The van der Waals surface area contributed by atoms with Crippen molar-refractivity contribution in [3.05, 3.63) is 36.7 Å². The molecular weight excluding hydrogens is 424 g/mol. The molecule has 0 unspecified atom stereocenters. The van der Waals surface area contributed by atoms with Gasteiger partial charge < -0.3 is 14.2 Å². The Bertz CT molecular complexity index is 719. The molecule has 0 amide bonds. The first kappa shape index (κ1) is 28.1. The van der Waals surface area contributed by atoms with Crippen LogP contribution in [0, 0.1) is 0 Å². The van der Waals surface area contributed by atoms with Crippen molar-refractivity contribution in [2.45, 2.75) is 97.3 Å². The maximum atomic E-state index is 5.89. The Morgan fingerprint density at radius 1 is 0.529 bits per heavy atom. The molecule has 34 heavy (non-hydrogen) atoms. The number of benzene rings is 1. The second-order valence-corrected chi connectivity index (χ2v) is 8.97. The zero-order chi connectivity index (χ0) is 24.1. The van der Waals surface area contributed by atoms with Crippen LogP contribution in [0.15, 0.2) is 36.7 Å². The lowest BCUT2D eigenvalue weighted by atomic mass is 10.1. The third kappa shape index (κ3) is 12.9. The quantitative estimate of drug-likeness (QED) is 0.173. The van der Waals surface area contributed by atoms with Crippen LogP contribution in [0.3, 0.4) is 0 Å². The van der Waals surface area contributed by atoms with Gasteiger partial charge in [-0.15, -0.1) is 0 Å². The van der Waals surface area contributed by atoms with Crippen LogP contribution in [-0.2, 0) is 4.74 Å². The summed E-state index contributed by atoms with van der Waals surface area (Å²) in [6, 6.07) is 8.01. The van der Waals surface area contributed by atoms with E-state index in [4.69, 9.17) is 14.2 Å². The van der Waals surface area contributed by atoms with E-state index in [0.717, 1.165) is 37.4 Å². The number of hydrogen-bond donors (Lipinski definition) is 0. The number of unbranched alkanes of at least 4 members (excludes halogenated alkanes) is 11. The molecule has 0 aliphatic heterocycles. The molecule has 2 rings (SSSR count). The van der Waals surface area contributed by atoms with Crippen LogP contribution >= 0.6 is 0 Å². The summed E-state index contributed by atoms with van der Waals surface area (Å²) in [7, 11) is 0. The molecule has 0 saturated carbocycles. The van der Waals surface area contributed by atoms with Gasteiger partial charge in [-0.1, -0.05) is 84.5 Å². The van der Waals surface area contributed by atoms with Gasteiger partial charge in [0.15, 0.2) is 11.6 Å². The minimum absolute atomic E-state index is 0.515. The molecule has 0 atom stereocenters. The van der Waals surface area contributed by atoms with E-state index >= 15 is 0 Å². The van der Waals surface area contributed by atoms with Crippen molar-refractivity contribution in [3.63, 3.8) is 0 Å². The number of hydrogen-bond acceptors (Lipinski definition) is 5. The highest BCUT2D eigenvalue weighted by molar-refractivity contribution is 5.56. The van der Waals surface area contributed by atoms with Gasteiger partial charge in [0, 0.05) is 12.2 Å². The van der Waals surface area contributed by atoms with Crippen molar-refractivity contribution in [1.29, 1.82) is 0 Å². The standard InChI is InChI=1S/C29H46N2O3/c1-3-5-7-9-10-11-12-13-15-21-33-27-18-16-26(17-19-27)29-30-24-28(25-31-29)34-23-22-32-20-14-8-6-4-2/h16-19,24-25H,3-15,20-23H2,1-2H3. The molecule has 2 aromatic rings. The van der Waals surface area contributed by atoms with E-state index in [1.165, 1.54) is 70.6 Å². The van der Waals surface area contributed by atoms with Gasteiger partial charge in [-0.3, -0.25) is 0 Å². The van der Waals surface area contributed by atoms with Crippen molar-refractivity contribution >= 4 is 0 Å². The normalized spacial score (nSPS) is 11.0. The average molecular weight is 471 g/mol. The minimum atomic E-state index is 0.515. The summed E-state index contributed by atoms with van der Waals surface area (Å²) >= 11 is 0. The van der Waals surface area contributed by atoms with Gasteiger partial charge in [0.05, 0.1) is 25.6 Å². The van der Waals surface area contributed by atoms with Crippen molar-refractivity contribution in [2.75, 3.05) is 26.4 Å². The summed E-state index contributed by atoms with van der Waals surface area (Å²) in [5.74, 6) is 2.25. The van der Waals surface area contributed by atoms with Gasteiger partial charge in [0.1, 0.15) is 12.4 Å². The Balaban J connectivity index is 1.56. The zero-order valence-corrected chi connectivity index (χ0v) is 21.6. The highest BCUT2D eigenvalue weighted by Gasteiger charge is 2.03. The molecule has 0 spiro atoms. The molecule has 5 heteroatoms. The van der Waals surface area contributed by atoms with Crippen LogP contribution in [0.2, 0.25) is 0 Å². The smallest absolute Gasteiger partial charge is 0.159 e. The fourth-order valence-electron chi connectivity index (χ4n) is 3.79. The fraction of sp³-hybridized carbons (Fsp3) is 0.655. The first-order chi connectivity index (χ1) is 16.8. The molecule has 0 aliphatic rings. The van der Waals surface area contributed by atoms with Crippen LogP contribution in [0.5, 0.6) is 11.5 Å². The Kier molecular flexibility index (Phi) is 15.9. The Hall–Kier alpha value is -2.14. The maximum Gasteiger partial charge on any atom is 0.159 e. The van der Waals surface area contributed by atoms with Gasteiger partial charge in [-0.25, -0.2) is 9.97 Å². The van der Waals surface area contributed by atoms with Crippen LogP contribution in [0.25, 0.3) is 11.4 Å². The molecule has 190 valence electrons. The van der Waals surface area contributed by atoms with E-state index in [2.05, 4.69) is 23.8 Å². The maximum absolute atomic E-state index is 5.89. The monoisotopic (exact) mass is 470 g/mol. The number of rotatable bonds is 21. The summed E-state index contributed by atoms with van der Waals surface area (Å²) in [4.78, 5) is 8.87. The molecule has 1 aromatic carbocycles. The van der Waals surface area contributed by atoms with Crippen molar-refractivity contribution in [1.82, 2.24) is 9.97 Å². The molecular formula is C29H46N2O3. The van der Waals surface area contributed by atoms with Gasteiger partial charge in [0.2, 0.25) is 0 Å².